The van der Waals surface area contributed by atoms with Crippen LogP contribution in [-0.4, -0.2) is 32.5 Å². The van der Waals surface area contributed by atoms with Crippen LogP contribution in [-0.2, 0) is 11.8 Å². The predicted molar refractivity (Wildman–Crippen MR) is 140 cm³/mol. The number of amides is 1. The van der Waals surface area contributed by atoms with Crippen molar-refractivity contribution in [1.82, 2.24) is 14.5 Å². The Labute approximate surface area is 208 Å². The smallest absolute Gasteiger partial charge is 0.313 e. The van der Waals surface area contributed by atoms with E-state index in [1.54, 1.807) is 19.2 Å². The first-order valence-corrected chi connectivity index (χ1v) is 11.3. The summed E-state index contributed by atoms with van der Waals surface area (Å²) in [5.41, 5.74) is 3.23. The second kappa shape index (κ2) is 9.29. The summed E-state index contributed by atoms with van der Waals surface area (Å²) in [7, 11) is 3.33. The number of hydrogen-bond acceptors (Lipinski definition) is 7. The van der Waals surface area contributed by atoms with E-state index in [1.807, 2.05) is 62.8 Å². The van der Waals surface area contributed by atoms with Crippen molar-refractivity contribution in [2.45, 2.75) is 27.7 Å². The average molecular weight is 489 g/mol. The number of carbonyl (C=O) groups excluding carboxylic acids is 1. The van der Waals surface area contributed by atoms with Crippen molar-refractivity contribution in [3.8, 4) is 17.0 Å². The van der Waals surface area contributed by atoms with Crippen molar-refractivity contribution in [1.29, 1.82) is 0 Å². The zero-order chi connectivity index (χ0) is 26.2. The number of nitro benzene ring substituents is 1. The number of benzene rings is 2. The monoisotopic (exact) mass is 488 g/mol. The number of ether oxygens (including phenoxy) is 1. The molecule has 0 spiro atoms. The minimum atomic E-state index is -0.619. The van der Waals surface area contributed by atoms with E-state index in [-0.39, 0.29) is 23.3 Å². The number of nitrogens with one attached hydrogen (secondary N) is 2. The number of nitro groups is 1. The van der Waals surface area contributed by atoms with E-state index in [1.165, 1.54) is 13.2 Å². The highest BCUT2D eigenvalue weighted by Gasteiger charge is 2.24. The van der Waals surface area contributed by atoms with Crippen LogP contribution in [0, 0.1) is 22.5 Å². The van der Waals surface area contributed by atoms with Crippen LogP contribution in [0.1, 0.15) is 26.3 Å². The quantitative estimate of drug-likeness (QED) is 0.268. The van der Waals surface area contributed by atoms with E-state index in [9.17, 15) is 14.9 Å². The molecule has 0 aliphatic carbocycles. The summed E-state index contributed by atoms with van der Waals surface area (Å²) >= 11 is 0. The first kappa shape index (κ1) is 24.6. The standard InChI is InChI=1S/C26H28N6O4/c1-15-11-22(36-6)21(32(34)35)12-18(15)29-25-27-13-19(28-24(33)26(2,3)4)23(30-25)17-14-31(5)20-10-8-7-9-16(17)20/h7-14H,1-6H3,(H,28,33)(H,27,29,30). The molecular weight excluding hydrogens is 460 g/mol. The number of aromatic nitrogens is 3. The maximum Gasteiger partial charge on any atom is 0.313 e. The molecule has 0 aliphatic rings. The van der Waals surface area contributed by atoms with Crippen LogP contribution in [0.3, 0.4) is 0 Å². The van der Waals surface area contributed by atoms with Crippen molar-refractivity contribution >= 4 is 39.8 Å². The van der Waals surface area contributed by atoms with Gasteiger partial charge in [-0.25, -0.2) is 9.97 Å². The van der Waals surface area contributed by atoms with Gasteiger partial charge in [0.2, 0.25) is 11.9 Å². The van der Waals surface area contributed by atoms with Gasteiger partial charge >= 0.3 is 5.69 Å². The van der Waals surface area contributed by atoms with Crippen LogP contribution < -0.4 is 15.4 Å². The lowest BCUT2D eigenvalue weighted by Gasteiger charge is -2.19. The van der Waals surface area contributed by atoms with Gasteiger partial charge in [-0.2, -0.15) is 0 Å². The maximum absolute atomic E-state index is 12.8. The van der Waals surface area contributed by atoms with E-state index in [0.29, 0.717) is 17.1 Å². The summed E-state index contributed by atoms with van der Waals surface area (Å²) in [5.74, 6) is 0.227. The molecule has 36 heavy (non-hydrogen) atoms. The molecule has 0 saturated carbocycles. The van der Waals surface area contributed by atoms with Crippen molar-refractivity contribution in [2.24, 2.45) is 12.5 Å². The molecule has 10 nitrogen and oxygen atoms in total. The van der Waals surface area contributed by atoms with Crippen molar-refractivity contribution in [3.05, 3.63) is 64.5 Å². The summed E-state index contributed by atoms with van der Waals surface area (Å²) in [6.45, 7) is 7.29. The molecule has 0 radical (unpaired) electrons. The Morgan fingerprint density at radius 2 is 1.89 bits per heavy atom. The molecule has 4 rings (SSSR count). The Balaban J connectivity index is 1.84. The summed E-state index contributed by atoms with van der Waals surface area (Å²) in [6.07, 6.45) is 3.50. The minimum absolute atomic E-state index is 0.167. The molecule has 2 aromatic heterocycles. The van der Waals surface area contributed by atoms with Crippen LogP contribution in [0.25, 0.3) is 22.2 Å². The van der Waals surface area contributed by atoms with Gasteiger partial charge in [-0.1, -0.05) is 39.0 Å². The molecule has 4 aromatic rings. The van der Waals surface area contributed by atoms with Gasteiger partial charge in [0.15, 0.2) is 5.75 Å². The second-order valence-corrected chi connectivity index (χ2v) is 9.55. The van der Waals surface area contributed by atoms with E-state index in [2.05, 4.69) is 15.6 Å². The van der Waals surface area contributed by atoms with Crippen LogP contribution in [0.2, 0.25) is 0 Å². The first-order valence-electron chi connectivity index (χ1n) is 11.3. The largest absolute Gasteiger partial charge is 0.490 e. The second-order valence-electron chi connectivity index (χ2n) is 9.55. The molecular formula is C26H28N6O4. The summed E-state index contributed by atoms with van der Waals surface area (Å²) in [5, 5.41) is 18.5. The van der Waals surface area contributed by atoms with Crippen molar-refractivity contribution in [2.75, 3.05) is 17.7 Å². The van der Waals surface area contributed by atoms with Crippen molar-refractivity contribution < 1.29 is 14.5 Å². The zero-order valence-electron chi connectivity index (χ0n) is 21.0. The molecule has 2 heterocycles. The number of rotatable bonds is 6. The van der Waals surface area contributed by atoms with Crippen LogP contribution in [0.4, 0.5) is 23.0 Å². The Bertz CT molecular complexity index is 1490. The minimum Gasteiger partial charge on any atom is -0.490 e. The SMILES string of the molecule is COc1cc(C)c(Nc2ncc(NC(=O)C(C)(C)C)c(-c3cn(C)c4ccccc34)n2)cc1[N+](=O)[O-]. The number of para-hydroxylation sites is 1. The summed E-state index contributed by atoms with van der Waals surface area (Å²) in [4.78, 5) is 33.0. The van der Waals surface area contributed by atoms with Gasteiger partial charge in [0.25, 0.3) is 0 Å². The zero-order valence-corrected chi connectivity index (χ0v) is 21.0. The number of methoxy groups -OCH3 is 1. The third-order valence-corrected chi connectivity index (χ3v) is 5.84. The van der Waals surface area contributed by atoms with E-state index >= 15 is 0 Å². The molecule has 0 bridgehead atoms. The lowest BCUT2D eigenvalue weighted by atomic mass is 9.95. The van der Waals surface area contributed by atoms with E-state index in [0.717, 1.165) is 22.0 Å². The molecule has 2 N–H and O–H groups in total. The highest BCUT2D eigenvalue weighted by Crippen LogP contribution is 2.37. The lowest BCUT2D eigenvalue weighted by molar-refractivity contribution is -0.385. The fourth-order valence-corrected chi connectivity index (χ4v) is 3.81. The van der Waals surface area contributed by atoms with Crippen LogP contribution in [0.15, 0.2) is 48.8 Å². The molecule has 1 amide bonds. The fourth-order valence-electron chi connectivity index (χ4n) is 3.81. The molecule has 2 aromatic carbocycles. The Morgan fingerprint density at radius 1 is 1.17 bits per heavy atom. The Morgan fingerprint density at radius 3 is 2.56 bits per heavy atom. The van der Waals surface area contributed by atoms with Gasteiger partial charge < -0.3 is 19.9 Å². The van der Waals surface area contributed by atoms with Gasteiger partial charge in [0.1, 0.15) is 5.69 Å². The Kier molecular flexibility index (Phi) is 6.36. The molecule has 0 atom stereocenters. The number of aryl methyl sites for hydroxylation is 2. The maximum atomic E-state index is 12.8. The van der Waals surface area contributed by atoms with Crippen LogP contribution in [0.5, 0.6) is 5.75 Å². The van der Waals surface area contributed by atoms with Crippen LogP contribution >= 0.6 is 0 Å². The summed E-state index contributed by atoms with van der Waals surface area (Å²) in [6, 6.07) is 10.9. The topological polar surface area (TPSA) is 124 Å². The Hall–Kier alpha value is -4.47. The third kappa shape index (κ3) is 4.70. The van der Waals surface area contributed by atoms with E-state index in [4.69, 9.17) is 9.72 Å². The summed E-state index contributed by atoms with van der Waals surface area (Å²) < 4.78 is 7.14. The molecule has 0 fully saturated rings. The highest BCUT2D eigenvalue weighted by molar-refractivity contribution is 6.02. The average Bonchev–Trinajstić information content (AvgIpc) is 3.16. The number of carbonyl (C=O) groups is 1. The molecule has 186 valence electrons. The first-order chi connectivity index (χ1) is 17.0. The molecule has 0 unspecified atom stereocenters. The van der Waals surface area contributed by atoms with Gasteiger partial charge in [0, 0.05) is 41.2 Å². The fraction of sp³-hybridized carbons (Fsp3) is 0.269. The number of hydrogen-bond donors (Lipinski definition) is 2. The predicted octanol–water partition coefficient (Wildman–Crippen LogP) is 5.59. The van der Waals surface area contributed by atoms with Gasteiger partial charge in [-0.15, -0.1) is 0 Å². The number of fused-ring (bicyclic) bond motifs is 1. The number of nitrogens with zero attached hydrogens (tertiary/aromatic N) is 4. The highest BCUT2D eigenvalue weighted by atomic mass is 16.6. The molecule has 10 heteroatoms. The molecule has 0 saturated heterocycles. The lowest BCUT2D eigenvalue weighted by Crippen LogP contribution is -2.28. The van der Waals surface area contributed by atoms with Gasteiger partial charge in [-0.05, 0) is 24.6 Å². The number of anilines is 3. The normalized spacial score (nSPS) is 11.4. The van der Waals surface area contributed by atoms with Crippen molar-refractivity contribution in [3.63, 3.8) is 0 Å². The molecule has 0 aliphatic heterocycles. The van der Waals surface area contributed by atoms with Gasteiger partial charge in [0.05, 0.1) is 29.6 Å². The van der Waals surface area contributed by atoms with Gasteiger partial charge in [-0.3, -0.25) is 14.9 Å². The third-order valence-electron chi connectivity index (χ3n) is 5.84. The van der Waals surface area contributed by atoms with E-state index < -0.39 is 10.3 Å².